The lowest BCUT2D eigenvalue weighted by Gasteiger charge is -2.13. The summed E-state index contributed by atoms with van der Waals surface area (Å²) in [6, 6.07) is 4.38. The first-order chi connectivity index (χ1) is 8.58. The molecule has 1 amide bonds. The molecule has 96 valence electrons. The monoisotopic (exact) mass is 250 g/mol. The minimum absolute atomic E-state index is 0.127. The van der Waals surface area contributed by atoms with Crippen molar-refractivity contribution >= 4 is 17.3 Å². The predicted molar refractivity (Wildman–Crippen MR) is 66.5 cm³/mol. The minimum atomic E-state index is -0.674. The first-order valence-corrected chi connectivity index (χ1v) is 5.63. The smallest absolute Gasteiger partial charge is 0.293 e. The molecule has 2 rings (SSSR count). The molecule has 0 radical (unpaired) electrons. The molecule has 7 heteroatoms. The van der Waals surface area contributed by atoms with E-state index in [4.69, 9.17) is 5.73 Å². The van der Waals surface area contributed by atoms with Crippen molar-refractivity contribution in [3.05, 3.63) is 33.9 Å². The molecule has 0 saturated carbocycles. The second-order valence-corrected chi connectivity index (χ2v) is 4.19. The summed E-state index contributed by atoms with van der Waals surface area (Å²) in [5, 5.41) is 17.2. The average molecular weight is 250 g/mol. The molecule has 0 spiro atoms. The zero-order valence-corrected chi connectivity index (χ0v) is 9.68. The van der Waals surface area contributed by atoms with Gasteiger partial charge >= 0.3 is 0 Å². The first-order valence-electron chi connectivity index (χ1n) is 5.63. The Balaban J connectivity index is 2.28. The molecule has 0 aromatic heterocycles. The molecule has 1 aromatic carbocycles. The number of nitrogens with one attached hydrogen (secondary N) is 2. The summed E-state index contributed by atoms with van der Waals surface area (Å²) in [7, 11) is 0. The normalized spacial score (nSPS) is 18.6. The van der Waals surface area contributed by atoms with E-state index in [9.17, 15) is 14.9 Å². The number of nitro benzene ring substituents is 1. The zero-order valence-electron chi connectivity index (χ0n) is 9.68. The molecule has 1 fully saturated rings. The standard InChI is InChI=1S/C11H14N4O3/c12-11(16)7-1-2-9(10(5-7)15(17)18)14-8-3-4-13-6-8/h1-2,5,8,13-14H,3-4,6H2,(H2,12,16). The molecule has 18 heavy (non-hydrogen) atoms. The third kappa shape index (κ3) is 2.57. The molecule has 1 aliphatic rings. The summed E-state index contributed by atoms with van der Waals surface area (Å²) in [6.45, 7) is 1.67. The van der Waals surface area contributed by atoms with Crippen molar-refractivity contribution < 1.29 is 9.72 Å². The van der Waals surface area contributed by atoms with Crippen LogP contribution in [0.15, 0.2) is 18.2 Å². The molecule has 1 aliphatic heterocycles. The average Bonchev–Trinajstić information content (AvgIpc) is 2.81. The number of primary amides is 1. The topological polar surface area (TPSA) is 110 Å². The Morgan fingerprint density at radius 2 is 2.33 bits per heavy atom. The van der Waals surface area contributed by atoms with Crippen molar-refractivity contribution in [3.8, 4) is 0 Å². The van der Waals surface area contributed by atoms with Crippen LogP contribution in [0.5, 0.6) is 0 Å². The number of nitro groups is 1. The van der Waals surface area contributed by atoms with E-state index in [2.05, 4.69) is 10.6 Å². The highest BCUT2D eigenvalue weighted by Crippen LogP contribution is 2.26. The Hall–Kier alpha value is -2.15. The maximum atomic E-state index is 11.0. The third-order valence-electron chi connectivity index (χ3n) is 2.90. The minimum Gasteiger partial charge on any atom is -0.375 e. The molecule has 4 N–H and O–H groups in total. The third-order valence-corrected chi connectivity index (χ3v) is 2.90. The number of rotatable bonds is 4. The van der Waals surface area contributed by atoms with Gasteiger partial charge in [-0.15, -0.1) is 0 Å². The lowest BCUT2D eigenvalue weighted by Crippen LogP contribution is -2.22. The van der Waals surface area contributed by atoms with Gasteiger partial charge in [0.15, 0.2) is 0 Å². The number of carbonyl (C=O) groups is 1. The van der Waals surface area contributed by atoms with Crippen molar-refractivity contribution in [1.82, 2.24) is 5.32 Å². The van der Waals surface area contributed by atoms with Gasteiger partial charge in [0.05, 0.1) is 4.92 Å². The second kappa shape index (κ2) is 5.01. The molecule has 1 saturated heterocycles. The maximum absolute atomic E-state index is 11.0. The number of anilines is 1. The highest BCUT2D eigenvalue weighted by Gasteiger charge is 2.21. The Bertz CT molecular complexity index is 483. The van der Waals surface area contributed by atoms with Gasteiger partial charge < -0.3 is 16.4 Å². The van der Waals surface area contributed by atoms with Crippen molar-refractivity contribution in [2.75, 3.05) is 18.4 Å². The van der Waals surface area contributed by atoms with E-state index < -0.39 is 10.8 Å². The van der Waals surface area contributed by atoms with Gasteiger partial charge in [-0.2, -0.15) is 0 Å². The number of benzene rings is 1. The number of nitrogens with two attached hydrogens (primary N) is 1. The van der Waals surface area contributed by atoms with Crippen molar-refractivity contribution in [2.24, 2.45) is 5.73 Å². The van der Waals surface area contributed by atoms with Crippen molar-refractivity contribution in [2.45, 2.75) is 12.5 Å². The lowest BCUT2D eigenvalue weighted by molar-refractivity contribution is -0.384. The quantitative estimate of drug-likeness (QED) is 0.531. The number of carbonyl (C=O) groups excluding carboxylic acids is 1. The van der Waals surface area contributed by atoms with Gasteiger partial charge in [-0.3, -0.25) is 14.9 Å². The largest absolute Gasteiger partial charge is 0.375 e. The lowest BCUT2D eigenvalue weighted by atomic mass is 10.1. The number of hydrogen-bond acceptors (Lipinski definition) is 5. The molecular formula is C11H14N4O3. The second-order valence-electron chi connectivity index (χ2n) is 4.19. The van der Waals surface area contributed by atoms with Crippen LogP contribution < -0.4 is 16.4 Å². The van der Waals surface area contributed by atoms with E-state index >= 15 is 0 Å². The van der Waals surface area contributed by atoms with E-state index in [-0.39, 0.29) is 17.3 Å². The van der Waals surface area contributed by atoms with Crippen molar-refractivity contribution in [3.63, 3.8) is 0 Å². The van der Waals surface area contributed by atoms with Gasteiger partial charge in [-0.05, 0) is 25.1 Å². The van der Waals surface area contributed by atoms with E-state index in [1.165, 1.54) is 18.2 Å². The summed E-state index contributed by atoms with van der Waals surface area (Å²) >= 11 is 0. The molecule has 1 heterocycles. The summed E-state index contributed by atoms with van der Waals surface area (Å²) in [5.41, 5.74) is 5.53. The van der Waals surface area contributed by atoms with Crippen LogP contribution in [-0.4, -0.2) is 30.0 Å². The SMILES string of the molecule is NC(=O)c1ccc(NC2CCNC2)c([N+](=O)[O-])c1. The number of hydrogen-bond donors (Lipinski definition) is 3. The van der Waals surface area contributed by atoms with E-state index in [0.717, 1.165) is 19.5 Å². The van der Waals surface area contributed by atoms with Crippen molar-refractivity contribution in [1.29, 1.82) is 0 Å². The van der Waals surface area contributed by atoms with Crippen LogP contribution in [0.1, 0.15) is 16.8 Å². The van der Waals surface area contributed by atoms with E-state index in [1.807, 2.05) is 0 Å². The molecule has 0 bridgehead atoms. The highest BCUT2D eigenvalue weighted by molar-refractivity contribution is 5.94. The van der Waals surface area contributed by atoms with Gasteiger partial charge in [-0.25, -0.2) is 0 Å². The van der Waals surface area contributed by atoms with Gasteiger partial charge in [0.25, 0.3) is 5.69 Å². The molecule has 0 aliphatic carbocycles. The fraction of sp³-hybridized carbons (Fsp3) is 0.364. The molecule has 1 atom stereocenters. The first kappa shape index (κ1) is 12.3. The maximum Gasteiger partial charge on any atom is 0.293 e. The Kier molecular flexibility index (Phi) is 3.42. The summed E-state index contributed by atoms with van der Waals surface area (Å²) in [4.78, 5) is 21.5. The fourth-order valence-corrected chi connectivity index (χ4v) is 1.96. The van der Waals surface area contributed by atoms with Gasteiger partial charge in [-0.1, -0.05) is 0 Å². The zero-order chi connectivity index (χ0) is 13.1. The van der Waals surface area contributed by atoms with Crippen LogP contribution in [0.3, 0.4) is 0 Å². The van der Waals surface area contributed by atoms with Crippen LogP contribution in [-0.2, 0) is 0 Å². The van der Waals surface area contributed by atoms with E-state index in [0.29, 0.717) is 5.69 Å². The van der Waals surface area contributed by atoms with Gasteiger partial charge in [0.2, 0.25) is 5.91 Å². The summed E-state index contributed by atoms with van der Waals surface area (Å²) in [6.07, 6.45) is 0.911. The highest BCUT2D eigenvalue weighted by atomic mass is 16.6. The summed E-state index contributed by atoms with van der Waals surface area (Å²) < 4.78 is 0. The summed E-state index contributed by atoms with van der Waals surface area (Å²) in [5.74, 6) is -0.674. The van der Waals surface area contributed by atoms with Gasteiger partial charge in [0.1, 0.15) is 5.69 Å². The predicted octanol–water partition coefficient (Wildman–Crippen LogP) is 0.468. The number of nitrogens with zero attached hydrogens (tertiary/aromatic N) is 1. The fourth-order valence-electron chi connectivity index (χ4n) is 1.96. The van der Waals surface area contributed by atoms with Crippen LogP contribution >= 0.6 is 0 Å². The Morgan fingerprint density at radius 3 is 2.89 bits per heavy atom. The Morgan fingerprint density at radius 1 is 1.56 bits per heavy atom. The van der Waals surface area contributed by atoms with Crippen LogP contribution in [0, 0.1) is 10.1 Å². The molecule has 1 unspecified atom stereocenters. The number of amides is 1. The Labute approximate surface area is 104 Å². The van der Waals surface area contributed by atoms with Crippen LogP contribution in [0.2, 0.25) is 0 Å². The molecule has 1 aromatic rings. The molecule has 7 nitrogen and oxygen atoms in total. The molecular weight excluding hydrogens is 236 g/mol. The van der Waals surface area contributed by atoms with Gasteiger partial charge in [0, 0.05) is 24.2 Å². The van der Waals surface area contributed by atoms with Crippen LogP contribution in [0.25, 0.3) is 0 Å². The van der Waals surface area contributed by atoms with Crippen LogP contribution in [0.4, 0.5) is 11.4 Å². The van der Waals surface area contributed by atoms with E-state index in [1.54, 1.807) is 0 Å².